The monoisotopic (exact) mass is 217 g/mol. The van der Waals surface area contributed by atoms with Gasteiger partial charge in [-0.05, 0) is 11.8 Å². The molecule has 0 saturated heterocycles. The lowest BCUT2D eigenvalue weighted by molar-refractivity contribution is 0.630. The van der Waals surface area contributed by atoms with Crippen molar-refractivity contribution in [3.63, 3.8) is 0 Å². The summed E-state index contributed by atoms with van der Waals surface area (Å²) >= 11 is 0. The Morgan fingerprint density at radius 3 is 2.88 bits per heavy atom. The lowest BCUT2D eigenvalue weighted by Gasteiger charge is -2.07. The molecule has 0 aliphatic heterocycles. The zero-order valence-electron chi connectivity index (χ0n) is 9.73. The fraction of sp³-hybridized carbons (Fsp3) is 0.545. The molecular formula is C11H15N5. The van der Waals surface area contributed by atoms with Crippen molar-refractivity contribution in [2.75, 3.05) is 5.32 Å². The summed E-state index contributed by atoms with van der Waals surface area (Å²) in [5.74, 6) is 0.897. The van der Waals surface area contributed by atoms with Crippen LogP contribution in [0.15, 0.2) is 12.5 Å². The first kappa shape index (κ1) is 9.57. The highest BCUT2D eigenvalue weighted by atomic mass is 15.3. The topological polar surface area (TPSA) is 55.6 Å². The van der Waals surface area contributed by atoms with E-state index in [0.717, 1.165) is 16.9 Å². The molecule has 0 amide bonds. The van der Waals surface area contributed by atoms with Gasteiger partial charge in [-0.2, -0.15) is 5.10 Å². The van der Waals surface area contributed by atoms with Gasteiger partial charge in [0, 0.05) is 13.1 Å². The molecule has 1 fully saturated rings. The van der Waals surface area contributed by atoms with Crippen LogP contribution in [0.1, 0.15) is 20.3 Å². The Hall–Kier alpha value is -1.65. The van der Waals surface area contributed by atoms with Crippen LogP contribution < -0.4 is 5.32 Å². The molecule has 1 unspecified atom stereocenters. The van der Waals surface area contributed by atoms with Gasteiger partial charge in [0.15, 0.2) is 5.65 Å². The second-order valence-electron chi connectivity index (χ2n) is 5.12. The Morgan fingerprint density at radius 1 is 1.44 bits per heavy atom. The largest absolute Gasteiger partial charge is 0.366 e. The molecular weight excluding hydrogens is 202 g/mol. The third-order valence-corrected chi connectivity index (χ3v) is 3.35. The van der Waals surface area contributed by atoms with Crippen LogP contribution in [0.2, 0.25) is 0 Å². The van der Waals surface area contributed by atoms with Crippen molar-refractivity contribution in [3.05, 3.63) is 12.5 Å². The molecule has 2 aromatic rings. The van der Waals surface area contributed by atoms with Crippen LogP contribution in [0.4, 0.5) is 5.82 Å². The van der Waals surface area contributed by atoms with Crippen LogP contribution >= 0.6 is 0 Å². The molecule has 1 aliphatic carbocycles. The van der Waals surface area contributed by atoms with Crippen LogP contribution in [0.3, 0.4) is 0 Å². The van der Waals surface area contributed by atoms with Gasteiger partial charge in [-0.25, -0.2) is 9.97 Å². The van der Waals surface area contributed by atoms with Crippen LogP contribution in [0.25, 0.3) is 11.0 Å². The van der Waals surface area contributed by atoms with Gasteiger partial charge in [-0.3, -0.25) is 4.68 Å². The average molecular weight is 217 g/mol. The smallest absolute Gasteiger partial charge is 0.163 e. The van der Waals surface area contributed by atoms with Crippen LogP contribution in [0.5, 0.6) is 0 Å². The van der Waals surface area contributed by atoms with E-state index in [0.29, 0.717) is 11.5 Å². The average Bonchev–Trinajstić information content (AvgIpc) is 2.67. The van der Waals surface area contributed by atoms with Crippen LogP contribution in [-0.2, 0) is 7.05 Å². The zero-order chi connectivity index (χ0) is 11.3. The van der Waals surface area contributed by atoms with E-state index in [-0.39, 0.29) is 0 Å². The zero-order valence-corrected chi connectivity index (χ0v) is 9.73. The molecule has 16 heavy (non-hydrogen) atoms. The second kappa shape index (κ2) is 2.93. The fourth-order valence-electron chi connectivity index (χ4n) is 1.96. The van der Waals surface area contributed by atoms with E-state index < -0.39 is 0 Å². The normalized spacial score (nSPS) is 22.3. The summed E-state index contributed by atoms with van der Waals surface area (Å²) in [7, 11) is 1.89. The van der Waals surface area contributed by atoms with E-state index in [1.54, 1.807) is 11.0 Å². The van der Waals surface area contributed by atoms with Crippen molar-refractivity contribution in [3.8, 4) is 0 Å². The fourth-order valence-corrected chi connectivity index (χ4v) is 1.96. The second-order valence-corrected chi connectivity index (χ2v) is 5.12. The maximum Gasteiger partial charge on any atom is 0.163 e. The maximum absolute atomic E-state index is 4.29. The molecule has 0 bridgehead atoms. The number of anilines is 1. The number of hydrogen-bond acceptors (Lipinski definition) is 4. The van der Waals surface area contributed by atoms with Gasteiger partial charge < -0.3 is 5.32 Å². The van der Waals surface area contributed by atoms with Gasteiger partial charge in [0.25, 0.3) is 0 Å². The Balaban J connectivity index is 1.98. The Morgan fingerprint density at radius 2 is 2.19 bits per heavy atom. The van der Waals surface area contributed by atoms with E-state index in [1.165, 1.54) is 6.42 Å². The van der Waals surface area contributed by atoms with E-state index in [9.17, 15) is 0 Å². The summed E-state index contributed by atoms with van der Waals surface area (Å²) in [4.78, 5) is 8.51. The SMILES string of the molecule is Cn1ncc2c(NC3CC3(C)C)ncnc21. The number of nitrogens with one attached hydrogen (secondary N) is 1. The lowest BCUT2D eigenvalue weighted by atomic mass is 10.2. The first-order valence-corrected chi connectivity index (χ1v) is 5.47. The number of rotatable bonds is 2. The van der Waals surface area contributed by atoms with E-state index in [2.05, 4.69) is 34.2 Å². The highest BCUT2D eigenvalue weighted by Crippen LogP contribution is 2.46. The van der Waals surface area contributed by atoms with Crippen molar-refractivity contribution in [1.29, 1.82) is 0 Å². The van der Waals surface area contributed by atoms with Crippen molar-refractivity contribution in [2.45, 2.75) is 26.3 Å². The van der Waals surface area contributed by atoms with Crippen molar-refractivity contribution in [2.24, 2.45) is 12.5 Å². The molecule has 0 spiro atoms. The highest BCUT2D eigenvalue weighted by molar-refractivity contribution is 5.86. The van der Waals surface area contributed by atoms with E-state index in [1.807, 2.05) is 13.2 Å². The quantitative estimate of drug-likeness (QED) is 0.829. The Bertz CT molecular complexity index is 542. The van der Waals surface area contributed by atoms with Crippen molar-refractivity contribution in [1.82, 2.24) is 19.7 Å². The summed E-state index contributed by atoms with van der Waals surface area (Å²) < 4.78 is 1.76. The van der Waals surface area contributed by atoms with Crippen LogP contribution in [-0.4, -0.2) is 25.8 Å². The molecule has 0 radical (unpaired) electrons. The molecule has 1 aliphatic rings. The minimum absolute atomic E-state index is 0.388. The highest BCUT2D eigenvalue weighted by Gasteiger charge is 2.46. The summed E-state index contributed by atoms with van der Waals surface area (Å²) in [6.07, 6.45) is 4.59. The molecule has 5 heteroatoms. The van der Waals surface area contributed by atoms with Crippen molar-refractivity contribution < 1.29 is 0 Å². The predicted octanol–water partition coefficient (Wildman–Crippen LogP) is 1.57. The summed E-state index contributed by atoms with van der Waals surface area (Å²) in [5, 5.41) is 8.65. The van der Waals surface area contributed by atoms with E-state index in [4.69, 9.17) is 0 Å². The first-order valence-electron chi connectivity index (χ1n) is 5.47. The molecule has 0 aromatic carbocycles. The molecule has 1 N–H and O–H groups in total. The minimum Gasteiger partial charge on any atom is -0.366 e. The summed E-state index contributed by atoms with van der Waals surface area (Å²) in [6.45, 7) is 4.51. The minimum atomic E-state index is 0.388. The first-order chi connectivity index (χ1) is 7.58. The molecule has 2 aromatic heterocycles. The third-order valence-electron chi connectivity index (χ3n) is 3.35. The predicted molar refractivity (Wildman–Crippen MR) is 62.1 cm³/mol. The number of aromatic nitrogens is 4. The number of nitrogens with zero attached hydrogens (tertiary/aromatic N) is 4. The molecule has 2 heterocycles. The van der Waals surface area contributed by atoms with Gasteiger partial charge in [0.1, 0.15) is 12.1 Å². The standard InChI is InChI=1S/C11H15N5/c1-11(2)4-8(11)15-9-7-5-14-16(3)10(7)13-6-12-9/h5-6,8H,4H2,1-3H3,(H,12,13,15). The van der Waals surface area contributed by atoms with Crippen LogP contribution in [0, 0.1) is 5.41 Å². The number of aryl methyl sites for hydroxylation is 1. The lowest BCUT2D eigenvalue weighted by Crippen LogP contribution is -2.10. The Kier molecular flexibility index (Phi) is 1.75. The van der Waals surface area contributed by atoms with Gasteiger partial charge in [-0.15, -0.1) is 0 Å². The molecule has 1 atom stereocenters. The Labute approximate surface area is 93.9 Å². The van der Waals surface area contributed by atoms with Gasteiger partial charge in [0.05, 0.1) is 11.6 Å². The summed E-state index contributed by atoms with van der Waals surface area (Å²) in [6, 6.07) is 0.519. The molecule has 3 rings (SSSR count). The molecule has 5 nitrogen and oxygen atoms in total. The maximum atomic E-state index is 4.29. The number of fused-ring (bicyclic) bond motifs is 1. The van der Waals surface area contributed by atoms with Gasteiger partial charge >= 0.3 is 0 Å². The third kappa shape index (κ3) is 1.35. The molecule has 84 valence electrons. The van der Waals surface area contributed by atoms with Gasteiger partial charge in [-0.1, -0.05) is 13.8 Å². The van der Waals surface area contributed by atoms with E-state index >= 15 is 0 Å². The number of hydrogen-bond donors (Lipinski definition) is 1. The summed E-state index contributed by atoms with van der Waals surface area (Å²) in [5.41, 5.74) is 1.26. The van der Waals surface area contributed by atoms with Gasteiger partial charge in [0.2, 0.25) is 0 Å². The molecule has 1 saturated carbocycles. The van der Waals surface area contributed by atoms with Crippen molar-refractivity contribution >= 4 is 16.9 Å².